The summed E-state index contributed by atoms with van der Waals surface area (Å²) in [6.07, 6.45) is 6.36. The SMILES string of the molecule is Cn1cc(CN2CCCC(c3cc(CO)[nH]n3)C2)cn1. The predicted molar refractivity (Wildman–Crippen MR) is 75.0 cm³/mol. The summed E-state index contributed by atoms with van der Waals surface area (Å²) in [6.45, 7) is 3.12. The maximum atomic E-state index is 9.11. The zero-order chi connectivity index (χ0) is 13.9. The third-order valence-corrected chi connectivity index (χ3v) is 3.91. The third-order valence-electron chi connectivity index (χ3n) is 3.91. The predicted octanol–water partition coefficient (Wildman–Crippen LogP) is 1.02. The van der Waals surface area contributed by atoms with Crippen LogP contribution in [0.1, 0.15) is 35.7 Å². The summed E-state index contributed by atoms with van der Waals surface area (Å²) in [4.78, 5) is 2.46. The van der Waals surface area contributed by atoms with E-state index in [1.165, 1.54) is 18.4 Å². The molecule has 0 saturated carbocycles. The first kappa shape index (κ1) is 13.3. The first-order chi connectivity index (χ1) is 9.74. The Morgan fingerprint density at radius 2 is 2.40 bits per heavy atom. The Bertz CT molecular complexity index is 561. The molecule has 6 heteroatoms. The lowest BCUT2D eigenvalue weighted by molar-refractivity contribution is 0.198. The van der Waals surface area contributed by atoms with E-state index in [2.05, 4.69) is 26.4 Å². The Kier molecular flexibility index (Phi) is 3.84. The normalized spacial score (nSPS) is 20.4. The molecule has 1 atom stereocenters. The fourth-order valence-corrected chi connectivity index (χ4v) is 2.92. The smallest absolute Gasteiger partial charge is 0.0847 e. The molecule has 6 nitrogen and oxygen atoms in total. The van der Waals surface area contributed by atoms with Crippen molar-refractivity contribution in [2.75, 3.05) is 13.1 Å². The lowest BCUT2D eigenvalue weighted by atomic mass is 9.94. The van der Waals surface area contributed by atoms with Gasteiger partial charge in [0.05, 0.1) is 24.2 Å². The molecule has 2 N–H and O–H groups in total. The monoisotopic (exact) mass is 275 g/mol. The Morgan fingerprint density at radius 3 is 3.10 bits per heavy atom. The highest BCUT2D eigenvalue weighted by molar-refractivity contribution is 5.14. The van der Waals surface area contributed by atoms with Crippen LogP contribution in [0.5, 0.6) is 0 Å². The molecular weight excluding hydrogens is 254 g/mol. The van der Waals surface area contributed by atoms with E-state index in [1.54, 1.807) is 0 Å². The number of hydrogen-bond donors (Lipinski definition) is 2. The van der Waals surface area contributed by atoms with Crippen LogP contribution in [0.3, 0.4) is 0 Å². The molecule has 0 aromatic carbocycles. The van der Waals surface area contributed by atoms with Gasteiger partial charge in [-0.3, -0.25) is 14.7 Å². The number of piperidine rings is 1. The van der Waals surface area contributed by atoms with Crippen LogP contribution in [0, 0.1) is 0 Å². The van der Waals surface area contributed by atoms with E-state index in [4.69, 9.17) is 5.11 Å². The average molecular weight is 275 g/mol. The van der Waals surface area contributed by atoms with Gasteiger partial charge in [-0.15, -0.1) is 0 Å². The number of aromatic nitrogens is 4. The summed E-state index contributed by atoms with van der Waals surface area (Å²) < 4.78 is 1.85. The molecule has 0 amide bonds. The zero-order valence-corrected chi connectivity index (χ0v) is 11.8. The summed E-state index contributed by atoms with van der Waals surface area (Å²) in [5.74, 6) is 0.456. The molecule has 20 heavy (non-hydrogen) atoms. The minimum atomic E-state index is 0.0269. The van der Waals surface area contributed by atoms with Gasteiger partial charge in [0, 0.05) is 37.8 Å². The summed E-state index contributed by atoms with van der Waals surface area (Å²) >= 11 is 0. The maximum Gasteiger partial charge on any atom is 0.0847 e. The van der Waals surface area contributed by atoms with Crippen molar-refractivity contribution in [2.45, 2.75) is 31.9 Å². The van der Waals surface area contributed by atoms with Crippen LogP contribution in [0.2, 0.25) is 0 Å². The van der Waals surface area contributed by atoms with Gasteiger partial charge in [0.25, 0.3) is 0 Å². The second-order valence-corrected chi connectivity index (χ2v) is 5.57. The summed E-state index contributed by atoms with van der Waals surface area (Å²) in [5, 5.41) is 20.5. The van der Waals surface area contributed by atoms with Gasteiger partial charge in [-0.05, 0) is 25.5 Å². The fourth-order valence-electron chi connectivity index (χ4n) is 2.92. The van der Waals surface area contributed by atoms with E-state index in [-0.39, 0.29) is 6.61 Å². The number of aryl methyl sites for hydroxylation is 1. The van der Waals surface area contributed by atoms with Gasteiger partial charge in [-0.2, -0.15) is 10.2 Å². The van der Waals surface area contributed by atoms with Crippen LogP contribution in [0.25, 0.3) is 0 Å². The van der Waals surface area contributed by atoms with Crippen LogP contribution in [0.15, 0.2) is 18.5 Å². The Balaban J connectivity index is 1.64. The molecule has 3 rings (SSSR count). The molecular formula is C14H21N5O. The molecule has 2 aromatic rings. The number of hydrogen-bond acceptors (Lipinski definition) is 4. The highest BCUT2D eigenvalue weighted by Crippen LogP contribution is 2.26. The van der Waals surface area contributed by atoms with Crippen LogP contribution < -0.4 is 0 Å². The van der Waals surface area contributed by atoms with Crippen LogP contribution in [-0.2, 0) is 20.2 Å². The first-order valence-electron chi connectivity index (χ1n) is 7.09. The van der Waals surface area contributed by atoms with E-state index in [0.717, 1.165) is 31.0 Å². The lowest BCUT2D eigenvalue weighted by Gasteiger charge is -2.31. The zero-order valence-electron chi connectivity index (χ0n) is 11.8. The maximum absolute atomic E-state index is 9.11. The quantitative estimate of drug-likeness (QED) is 0.874. The second-order valence-electron chi connectivity index (χ2n) is 5.57. The third kappa shape index (κ3) is 2.91. The topological polar surface area (TPSA) is 70.0 Å². The van der Waals surface area contributed by atoms with E-state index in [1.807, 2.05) is 24.0 Å². The molecule has 1 aliphatic heterocycles. The highest BCUT2D eigenvalue weighted by atomic mass is 16.3. The van der Waals surface area contributed by atoms with E-state index < -0.39 is 0 Å². The highest BCUT2D eigenvalue weighted by Gasteiger charge is 2.23. The molecule has 2 aromatic heterocycles. The minimum Gasteiger partial charge on any atom is -0.390 e. The number of rotatable bonds is 4. The largest absolute Gasteiger partial charge is 0.390 e. The Hall–Kier alpha value is -1.66. The van der Waals surface area contributed by atoms with Crippen molar-refractivity contribution in [1.29, 1.82) is 0 Å². The minimum absolute atomic E-state index is 0.0269. The van der Waals surface area contributed by atoms with E-state index >= 15 is 0 Å². The van der Waals surface area contributed by atoms with Crippen LogP contribution in [-0.4, -0.2) is 43.1 Å². The van der Waals surface area contributed by atoms with Gasteiger partial charge in [-0.1, -0.05) is 0 Å². The first-order valence-corrected chi connectivity index (χ1v) is 7.09. The molecule has 0 aliphatic carbocycles. The van der Waals surface area contributed by atoms with Gasteiger partial charge >= 0.3 is 0 Å². The molecule has 1 unspecified atom stereocenters. The summed E-state index contributed by atoms with van der Waals surface area (Å²) in [6, 6.07) is 1.98. The lowest BCUT2D eigenvalue weighted by Crippen LogP contribution is -2.33. The average Bonchev–Trinajstić information content (AvgIpc) is 3.08. The van der Waals surface area contributed by atoms with Crippen molar-refractivity contribution in [1.82, 2.24) is 24.9 Å². The molecule has 3 heterocycles. The standard InChI is InChI=1S/C14H21N5O/c1-18-7-11(6-15-18)8-19-4-2-3-12(9-19)14-5-13(10-20)16-17-14/h5-7,12,20H,2-4,8-10H2,1H3,(H,16,17). The van der Waals surface area contributed by atoms with Gasteiger partial charge in [0.15, 0.2) is 0 Å². The van der Waals surface area contributed by atoms with Crippen molar-refractivity contribution in [3.8, 4) is 0 Å². The number of nitrogens with zero attached hydrogens (tertiary/aromatic N) is 4. The van der Waals surface area contributed by atoms with Gasteiger partial charge < -0.3 is 5.11 Å². The van der Waals surface area contributed by atoms with Crippen molar-refractivity contribution in [3.05, 3.63) is 35.4 Å². The summed E-state index contributed by atoms with van der Waals surface area (Å²) in [7, 11) is 1.95. The molecule has 0 bridgehead atoms. The molecule has 1 saturated heterocycles. The fraction of sp³-hybridized carbons (Fsp3) is 0.571. The van der Waals surface area contributed by atoms with E-state index in [9.17, 15) is 0 Å². The van der Waals surface area contributed by atoms with Crippen molar-refractivity contribution >= 4 is 0 Å². The van der Waals surface area contributed by atoms with Gasteiger partial charge in [-0.25, -0.2) is 0 Å². The number of aliphatic hydroxyl groups is 1. The van der Waals surface area contributed by atoms with Crippen LogP contribution in [0.4, 0.5) is 0 Å². The Labute approximate surface area is 118 Å². The Morgan fingerprint density at radius 1 is 1.50 bits per heavy atom. The molecule has 0 radical (unpaired) electrons. The van der Waals surface area contributed by atoms with Crippen molar-refractivity contribution in [2.24, 2.45) is 7.05 Å². The van der Waals surface area contributed by atoms with E-state index in [0.29, 0.717) is 5.92 Å². The second kappa shape index (κ2) is 5.76. The molecule has 0 spiro atoms. The molecule has 108 valence electrons. The molecule has 1 aliphatic rings. The number of likely N-dealkylation sites (tertiary alicyclic amines) is 1. The summed E-state index contributed by atoms with van der Waals surface area (Å²) in [5.41, 5.74) is 3.13. The van der Waals surface area contributed by atoms with Crippen LogP contribution >= 0.6 is 0 Å². The van der Waals surface area contributed by atoms with Crippen molar-refractivity contribution in [3.63, 3.8) is 0 Å². The molecule has 1 fully saturated rings. The number of H-pyrrole nitrogens is 1. The van der Waals surface area contributed by atoms with Gasteiger partial charge in [0.2, 0.25) is 0 Å². The van der Waals surface area contributed by atoms with Crippen molar-refractivity contribution < 1.29 is 5.11 Å². The number of aromatic amines is 1. The number of nitrogens with one attached hydrogen (secondary N) is 1. The number of aliphatic hydroxyl groups excluding tert-OH is 1. The van der Waals surface area contributed by atoms with Gasteiger partial charge in [0.1, 0.15) is 0 Å².